The van der Waals surface area contributed by atoms with Gasteiger partial charge >= 0.3 is 0 Å². The number of hydrogen-bond acceptors (Lipinski definition) is 1. The summed E-state index contributed by atoms with van der Waals surface area (Å²) in [5.41, 5.74) is 3.99. The van der Waals surface area contributed by atoms with Crippen LogP contribution < -0.4 is 0 Å². The summed E-state index contributed by atoms with van der Waals surface area (Å²) in [7, 11) is 0. The van der Waals surface area contributed by atoms with Crippen molar-refractivity contribution in [2.75, 3.05) is 11.5 Å². The largest absolute Gasteiger partial charge is 0.158 e. The fourth-order valence-electron chi connectivity index (χ4n) is 4.62. The first kappa shape index (κ1) is 28.8. The minimum atomic E-state index is 1.10. The van der Waals surface area contributed by atoms with Gasteiger partial charge < -0.3 is 0 Å². The zero-order valence-electron chi connectivity index (χ0n) is 22.0. The molecule has 0 saturated carbocycles. The lowest BCUT2D eigenvalue weighted by atomic mass is 9.98. The lowest BCUT2D eigenvalue weighted by Gasteiger charge is -2.09. The van der Waals surface area contributed by atoms with Crippen LogP contribution in [0, 0.1) is 0 Å². The molecule has 0 atom stereocenters. The molecule has 0 radical (unpaired) electrons. The molecule has 0 saturated heterocycles. The average molecular weight is 479 g/mol. The Kier molecular flexibility index (Phi) is 17.7. The van der Waals surface area contributed by atoms with Gasteiger partial charge in [-0.2, -0.15) is 11.8 Å². The van der Waals surface area contributed by atoms with Gasteiger partial charge in [0.1, 0.15) is 0 Å². The molecular weight excluding hydrogens is 428 g/mol. The van der Waals surface area contributed by atoms with Crippen molar-refractivity contribution < 1.29 is 0 Å². The fourth-order valence-corrected chi connectivity index (χ4v) is 5.48. The van der Waals surface area contributed by atoms with Crippen LogP contribution in [0.15, 0.2) is 66.7 Å². The predicted octanol–water partition coefficient (Wildman–Crippen LogP) is 11.1. The van der Waals surface area contributed by atoms with Crippen molar-refractivity contribution in [1.82, 2.24) is 0 Å². The lowest BCUT2D eigenvalue weighted by Crippen LogP contribution is -1.90. The van der Waals surface area contributed by atoms with Crippen molar-refractivity contribution in [3.8, 4) is 0 Å². The zero-order chi connectivity index (χ0) is 23.9. The number of benzene rings is 2. The highest BCUT2D eigenvalue weighted by molar-refractivity contribution is 7.99. The van der Waals surface area contributed by atoms with E-state index in [9.17, 15) is 0 Å². The third-order valence-corrected chi connectivity index (χ3v) is 7.70. The molecule has 0 unspecified atom stereocenters. The Morgan fingerprint density at radius 2 is 0.912 bits per heavy atom. The van der Waals surface area contributed by atoms with E-state index < -0.39 is 0 Å². The maximum atomic E-state index is 2.42. The molecule has 0 fully saturated rings. The second kappa shape index (κ2) is 20.9. The van der Waals surface area contributed by atoms with E-state index in [4.69, 9.17) is 0 Å². The quantitative estimate of drug-likeness (QED) is 0.161. The molecule has 0 heterocycles. The Morgan fingerprint density at radius 3 is 1.32 bits per heavy atom. The molecule has 0 aliphatic heterocycles. The third kappa shape index (κ3) is 14.1. The van der Waals surface area contributed by atoms with Crippen molar-refractivity contribution >= 4 is 17.3 Å². The monoisotopic (exact) mass is 478 g/mol. The second-order valence-electron chi connectivity index (χ2n) is 9.73. The molecule has 0 aromatic heterocycles. The van der Waals surface area contributed by atoms with E-state index in [-0.39, 0.29) is 0 Å². The van der Waals surface area contributed by atoms with E-state index in [0.29, 0.717) is 0 Å². The molecule has 0 aliphatic rings. The van der Waals surface area contributed by atoms with Gasteiger partial charge in [-0.3, -0.25) is 0 Å². The molecule has 34 heavy (non-hydrogen) atoms. The maximum Gasteiger partial charge on any atom is 0.0122 e. The number of thioether (sulfide) groups is 1. The van der Waals surface area contributed by atoms with E-state index in [1.165, 1.54) is 125 Å². The van der Waals surface area contributed by atoms with Crippen LogP contribution in [0.2, 0.25) is 0 Å². The molecule has 0 spiro atoms. The van der Waals surface area contributed by atoms with Gasteiger partial charge in [0.2, 0.25) is 0 Å². The highest BCUT2D eigenvalue weighted by Crippen LogP contribution is 2.24. The molecule has 0 bridgehead atoms. The van der Waals surface area contributed by atoms with Gasteiger partial charge in [-0.1, -0.05) is 170 Å². The van der Waals surface area contributed by atoms with Crippen LogP contribution in [-0.4, -0.2) is 11.5 Å². The minimum absolute atomic E-state index is 1.10. The normalized spacial score (nSPS) is 11.0. The molecule has 2 aromatic rings. The van der Waals surface area contributed by atoms with Gasteiger partial charge in [0.15, 0.2) is 0 Å². The summed E-state index contributed by atoms with van der Waals surface area (Å²) >= 11 is 2.08. The van der Waals surface area contributed by atoms with Gasteiger partial charge in [-0.05, 0) is 28.9 Å². The molecular formula is C33H50S. The smallest absolute Gasteiger partial charge is 0.0122 e. The van der Waals surface area contributed by atoms with Crippen molar-refractivity contribution in [3.05, 3.63) is 77.9 Å². The highest BCUT2D eigenvalue weighted by atomic mass is 32.2. The Labute approximate surface area is 216 Å². The van der Waals surface area contributed by atoms with Crippen LogP contribution in [-0.2, 0) is 0 Å². The minimum Gasteiger partial charge on any atom is -0.158 e. The van der Waals surface area contributed by atoms with E-state index >= 15 is 0 Å². The van der Waals surface area contributed by atoms with Crippen LogP contribution in [0.1, 0.15) is 121 Å². The number of unbranched alkanes of at least 4 members (excludes halogenated alkanes) is 15. The summed E-state index contributed by atoms with van der Waals surface area (Å²) in [5, 5.41) is 0. The van der Waals surface area contributed by atoms with Gasteiger partial charge in [0.25, 0.3) is 0 Å². The molecule has 2 aromatic carbocycles. The number of rotatable bonds is 21. The van der Waals surface area contributed by atoms with Gasteiger partial charge in [-0.15, -0.1) is 0 Å². The van der Waals surface area contributed by atoms with Crippen molar-refractivity contribution in [2.45, 2.75) is 110 Å². The molecule has 0 aliphatic carbocycles. The van der Waals surface area contributed by atoms with Gasteiger partial charge in [-0.25, -0.2) is 0 Å². The Morgan fingerprint density at radius 1 is 0.529 bits per heavy atom. The first-order valence-electron chi connectivity index (χ1n) is 14.3. The topological polar surface area (TPSA) is 0 Å². The third-order valence-electron chi connectivity index (χ3n) is 6.72. The standard InChI is InChI=1S/C33H50S/c1-2-3-4-5-6-7-8-9-10-11-12-13-14-15-16-23-29-34-30-28-33(31-24-19-17-20-25-31)32-26-21-18-22-27-32/h17-22,24-28H,2-16,23,29-30H2,1H3. The van der Waals surface area contributed by atoms with Crippen LogP contribution >= 0.6 is 11.8 Å². The second-order valence-corrected chi connectivity index (χ2v) is 10.9. The van der Waals surface area contributed by atoms with E-state index in [1.54, 1.807) is 0 Å². The summed E-state index contributed by atoms with van der Waals surface area (Å²) in [5.74, 6) is 2.38. The molecule has 188 valence electrons. The zero-order valence-corrected chi connectivity index (χ0v) is 22.8. The van der Waals surface area contributed by atoms with Crippen molar-refractivity contribution in [2.24, 2.45) is 0 Å². The van der Waals surface area contributed by atoms with E-state index in [0.717, 1.165) is 5.75 Å². The predicted molar refractivity (Wildman–Crippen MR) is 157 cm³/mol. The highest BCUT2D eigenvalue weighted by Gasteiger charge is 2.03. The Hall–Kier alpha value is -1.47. The SMILES string of the molecule is CCCCCCCCCCCCCCCCCCSCC=C(c1ccccc1)c1ccccc1. The molecule has 0 nitrogen and oxygen atoms in total. The summed E-state index contributed by atoms with van der Waals surface area (Å²) in [6.07, 6.45) is 25.5. The van der Waals surface area contributed by atoms with Crippen molar-refractivity contribution in [1.29, 1.82) is 0 Å². The first-order chi connectivity index (χ1) is 16.9. The van der Waals surface area contributed by atoms with Crippen LogP contribution in [0.25, 0.3) is 5.57 Å². The van der Waals surface area contributed by atoms with Crippen LogP contribution in [0.3, 0.4) is 0 Å². The average Bonchev–Trinajstić information content (AvgIpc) is 2.88. The van der Waals surface area contributed by atoms with Crippen molar-refractivity contribution in [3.63, 3.8) is 0 Å². The molecule has 0 N–H and O–H groups in total. The molecule has 1 heteroatoms. The summed E-state index contributed by atoms with van der Waals surface area (Å²) < 4.78 is 0. The van der Waals surface area contributed by atoms with Crippen LogP contribution in [0.4, 0.5) is 0 Å². The first-order valence-corrected chi connectivity index (χ1v) is 15.5. The van der Waals surface area contributed by atoms with Gasteiger partial charge in [0, 0.05) is 5.75 Å². The Balaban J connectivity index is 1.43. The molecule has 0 amide bonds. The molecule has 2 rings (SSSR count). The summed E-state index contributed by atoms with van der Waals surface area (Å²) in [6.45, 7) is 2.30. The summed E-state index contributed by atoms with van der Waals surface area (Å²) in [4.78, 5) is 0. The number of hydrogen-bond donors (Lipinski definition) is 0. The Bertz CT molecular complexity index is 677. The van der Waals surface area contributed by atoms with E-state index in [2.05, 4.69) is 85.4 Å². The van der Waals surface area contributed by atoms with Gasteiger partial charge in [0.05, 0.1) is 0 Å². The lowest BCUT2D eigenvalue weighted by molar-refractivity contribution is 0.532. The fraction of sp³-hybridized carbons (Fsp3) is 0.576. The van der Waals surface area contributed by atoms with E-state index in [1.807, 2.05) is 0 Å². The maximum absolute atomic E-state index is 2.42. The summed E-state index contributed by atoms with van der Waals surface area (Å²) in [6, 6.07) is 21.6. The van der Waals surface area contributed by atoms with Crippen LogP contribution in [0.5, 0.6) is 0 Å².